The average molecular weight is 305 g/mol. The first-order chi connectivity index (χ1) is 9.99. The Balaban J connectivity index is 2.43. The van der Waals surface area contributed by atoms with E-state index >= 15 is 0 Å². The largest absolute Gasteiger partial charge is 0.478 e. The smallest absolute Gasteiger partial charge is 0.336 e. The predicted molar refractivity (Wildman–Crippen MR) is 76.7 cm³/mol. The van der Waals surface area contributed by atoms with Crippen LogP contribution < -0.4 is 0 Å². The lowest BCUT2D eigenvalue weighted by molar-refractivity contribution is 0.0698. The highest BCUT2D eigenvalue weighted by atomic mass is 32.1. The summed E-state index contributed by atoms with van der Waals surface area (Å²) in [7, 11) is 0. The number of hydrogen-bond donors (Lipinski definition) is 1. The Morgan fingerprint density at radius 2 is 1.95 bits per heavy atom. The Labute approximate surface area is 122 Å². The fraction of sp³-hybridized carbons (Fsp3) is 0.0667. The van der Waals surface area contributed by atoms with E-state index in [2.05, 4.69) is 4.98 Å². The van der Waals surface area contributed by atoms with E-state index in [1.165, 1.54) is 17.4 Å². The third kappa shape index (κ3) is 2.17. The van der Waals surface area contributed by atoms with Crippen LogP contribution in [0.4, 0.5) is 8.78 Å². The van der Waals surface area contributed by atoms with E-state index in [0.717, 1.165) is 22.6 Å². The zero-order chi connectivity index (χ0) is 15.1. The van der Waals surface area contributed by atoms with E-state index in [1.807, 2.05) is 18.4 Å². The average Bonchev–Trinajstić information content (AvgIpc) is 2.88. The van der Waals surface area contributed by atoms with Crippen molar-refractivity contribution in [2.75, 3.05) is 0 Å². The van der Waals surface area contributed by atoms with E-state index in [0.29, 0.717) is 5.69 Å². The van der Waals surface area contributed by atoms with Crippen molar-refractivity contribution in [2.24, 2.45) is 0 Å². The van der Waals surface area contributed by atoms with Crippen LogP contribution in [-0.4, -0.2) is 16.1 Å². The molecule has 0 aliphatic heterocycles. The minimum Gasteiger partial charge on any atom is -0.478 e. The van der Waals surface area contributed by atoms with Gasteiger partial charge in [0.2, 0.25) is 0 Å². The number of nitrogens with zero attached hydrogens (tertiary/aromatic N) is 1. The molecule has 0 spiro atoms. The molecule has 0 aliphatic carbocycles. The quantitative estimate of drug-likeness (QED) is 0.770. The molecule has 0 saturated heterocycles. The third-order valence-corrected chi connectivity index (χ3v) is 4.22. The fourth-order valence-electron chi connectivity index (χ4n) is 2.19. The summed E-state index contributed by atoms with van der Waals surface area (Å²) in [5.41, 5.74) is 0.675. The standard InChI is InChI=1S/C15H9F2NO2S/c1-7-4-5-21-14(7)11-6-8(15(19)20)12-9(16)2-3-10(17)13(12)18-11/h2-6H,1H3,(H,19,20). The minimum absolute atomic E-state index is 0.266. The number of fused-ring (bicyclic) bond motifs is 1. The van der Waals surface area contributed by atoms with Gasteiger partial charge >= 0.3 is 5.97 Å². The molecule has 0 amide bonds. The van der Waals surface area contributed by atoms with Gasteiger partial charge in [-0.25, -0.2) is 18.6 Å². The molecule has 0 aliphatic rings. The molecule has 0 saturated carbocycles. The molecule has 0 radical (unpaired) electrons. The maximum Gasteiger partial charge on any atom is 0.336 e. The SMILES string of the molecule is Cc1ccsc1-c1cc(C(=O)O)c2c(F)ccc(F)c2n1. The fourth-order valence-corrected chi connectivity index (χ4v) is 3.08. The highest BCUT2D eigenvalue weighted by Gasteiger charge is 2.19. The number of halogens is 2. The second-order valence-electron chi connectivity index (χ2n) is 4.55. The van der Waals surface area contributed by atoms with Crippen LogP contribution in [0.5, 0.6) is 0 Å². The van der Waals surface area contributed by atoms with Crippen molar-refractivity contribution in [3.8, 4) is 10.6 Å². The van der Waals surface area contributed by atoms with Crippen LogP contribution in [0.15, 0.2) is 29.6 Å². The summed E-state index contributed by atoms with van der Waals surface area (Å²) in [6.45, 7) is 1.85. The highest BCUT2D eigenvalue weighted by molar-refractivity contribution is 7.13. The van der Waals surface area contributed by atoms with Crippen molar-refractivity contribution in [1.82, 2.24) is 4.98 Å². The van der Waals surface area contributed by atoms with Gasteiger partial charge in [-0.15, -0.1) is 11.3 Å². The van der Waals surface area contributed by atoms with Crippen LogP contribution in [-0.2, 0) is 0 Å². The number of thiophene rings is 1. The maximum atomic E-state index is 13.9. The summed E-state index contributed by atoms with van der Waals surface area (Å²) in [6, 6.07) is 4.99. The number of carboxylic acid groups (broad SMARTS) is 1. The number of hydrogen-bond acceptors (Lipinski definition) is 3. The number of benzene rings is 1. The molecule has 0 atom stereocenters. The van der Waals surface area contributed by atoms with E-state index in [4.69, 9.17) is 0 Å². The molecule has 21 heavy (non-hydrogen) atoms. The maximum absolute atomic E-state index is 13.9. The van der Waals surface area contributed by atoms with Gasteiger partial charge in [0.05, 0.1) is 21.5 Å². The number of rotatable bonds is 2. The zero-order valence-corrected chi connectivity index (χ0v) is 11.7. The molecule has 0 bridgehead atoms. The van der Waals surface area contributed by atoms with Crippen molar-refractivity contribution in [1.29, 1.82) is 0 Å². The molecular formula is C15H9F2NO2S. The van der Waals surface area contributed by atoms with Crippen LogP contribution in [0.3, 0.4) is 0 Å². The molecule has 3 aromatic rings. The van der Waals surface area contributed by atoms with Crippen LogP contribution in [0.25, 0.3) is 21.5 Å². The molecule has 1 N–H and O–H groups in total. The van der Waals surface area contributed by atoms with Crippen LogP contribution in [0.2, 0.25) is 0 Å². The molecular weight excluding hydrogens is 296 g/mol. The molecule has 1 aromatic carbocycles. The number of aromatic nitrogens is 1. The normalized spacial score (nSPS) is 11.0. The topological polar surface area (TPSA) is 50.2 Å². The number of carbonyl (C=O) groups is 1. The number of aryl methyl sites for hydroxylation is 1. The molecule has 6 heteroatoms. The predicted octanol–water partition coefficient (Wildman–Crippen LogP) is 4.25. The van der Waals surface area contributed by atoms with Gasteiger partial charge in [-0.1, -0.05) is 0 Å². The molecule has 3 nitrogen and oxygen atoms in total. The summed E-state index contributed by atoms with van der Waals surface area (Å²) in [4.78, 5) is 16.2. The van der Waals surface area contributed by atoms with E-state index in [-0.39, 0.29) is 16.5 Å². The van der Waals surface area contributed by atoms with Crippen LogP contribution in [0, 0.1) is 18.6 Å². The second-order valence-corrected chi connectivity index (χ2v) is 5.46. The molecule has 0 unspecified atom stereocenters. The molecule has 2 aromatic heterocycles. The Hall–Kier alpha value is -2.34. The van der Waals surface area contributed by atoms with Gasteiger partial charge in [0, 0.05) is 0 Å². The van der Waals surface area contributed by atoms with Gasteiger partial charge in [0.1, 0.15) is 17.2 Å². The summed E-state index contributed by atoms with van der Waals surface area (Å²) in [5, 5.41) is 10.8. The number of carboxylic acids is 1. The van der Waals surface area contributed by atoms with Gasteiger partial charge in [0.15, 0.2) is 0 Å². The zero-order valence-electron chi connectivity index (χ0n) is 10.9. The first-order valence-corrected chi connectivity index (χ1v) is 6.93. The van der Waals surface area contributed by atoms with Crippen molar-refractivity contribution in [3.63, 3.8) is 0 Å². The van der Waals surface area contributed by atoms with Gasteiger partial charge in [-0.05, 0) is 42.1 Å². The molecule has 0 fully saturated rings. The van der Waals surface area contributed by atoms with Crippen LogP contribution in [0.1, 0.15) is 15.9 Å². The summed E-state index contributed by atoms with van der Waals surface area (Å²) < 4.78 is 27.8. The van der Waals surface area contributed by atoms with Gasteiger partial charge < -0.3 is 5.11 Å². The van der Waals surface area contributed by atoms with Gasteiger partial charge in [0.25, 0.3) is 0 Å². The Bertz CT molecular complexity index is 873. The van der Waals surface area contributed by atoms with Crippen molar-refractivity contribution < 1.29 is 18.7 Å². The monoisotopic (exact) mass is 305 g/mol. The summed E-state index contributed by atoms with van der Waals surface area (Å²) >= 11 is 1.37. The summed E-state index contributed by atoms with van der Waals surface area (Å²) in [5.74, 6) is -2.86. The number of aromatic carboxylic acids is 1. The number of pyridine rings is 1. The first kappa shape index (κ1) is 13.6. The van der Waals surface area contributed by atoms with E-state index < -0.39 is 17.6 Å². The first-order valence-electron chi connectivity index (χ1n) is 6.05. The molecule has 3 rings (SSSR count). The minimum atomic E-state index is -1.32. The third-order valence-electron chi connectivity index (χ3n) is 3.19. The van der Waals surface area contributed by atoms with Gasteiger partial charge in [-0.3, -0.25) is 0 Å². The van der Waals surface area contributed by atoms with Gasteiger partial charge in [-0.2, -0.15) is 0 Å². The highest BCUT2D eigenvalue weighted by Crippen LogP contribution is 2.32. The lowest BCUT2D eigenvalue weighted by atomic mass is 10.1. The van der Waals surface area contributed by atoms with Crippen molar-refractivity contribution in [3.05, 3.63) is 52.4 Å². The Morgan fingerprint density at radius 3 is 2.57 bits per heavy atom. The van der Waals surface area contributed by atoms with E-state index in [1.54, 1.807) is 0 Å². The van der Waals surface area contributed by atoms with Crippen molar-refractivity contribution in [2.45, 2.75) is 6.92 Å². The lowest BCUT2D eigenvalue weighted by Crippen LogP contribution is -2.03. The Kier molecular flexibility index (Phi) is 3.17. The van der Waals surface area contributed by atoms with Crippen molar-refractivity contribution >= 4 is 28.2 Å². The molecule has 2 heterocycles. The molecule has 106 valence electrons. The lowest BCUT2D eigenvalue weighted by Gasteiger charge is -2.08. The summed E-state index contributed by atoms with van der Waals surface area (Å²) in [6.07, 6.45) is 0. The van der Waals surface area contributed by atoms with Crippen LogP contribution >= 0.6 is 11.3 Å². The second kappa shape index (κ2) is 4.89. The van der Waals surface area contributed by atoms with E-state index in [9.17, 15) is 18.7 Å². The Morgan fingerprint density at radius 1 is 1.24 bits per heavy atom.